The van der Waals surface area contributed by atoms with Crippen LogP contribution in [0.2, 0.25) is 0 Å². The van der Waals surface area contributed by atoms with E-state index >= 15 is 0 Å². The number of aliphatic hydroxyl groups is 1. The van der Waals surface area contributed by atoms with Crippen molar-refractivity contribution in [3.05, 3.63) is 83.7 Å². The number of aliphatic hydroxyl groups excluding tert-OH is 1. The normalized spacial score (nSPS) is 21.6. The molecule has 0 aromatic heterocycles. The van der Waals surface area contributed by atoms with Gasteiger partial charge in [-0.2, -0.15) is 0 Å². The molecule has 184 valence electrons. The van der Waals surface area contributed by atoms with E-state index in [1.54, 1.807) is 12.1 Å². The molecule has 0 spiro atoms. The number of nitrogens with zero attached hydrogens (tertiary/aromatic N) is 2. The van der Waals surface area contributed by atoms with Crippen LogP contribution >= 0.6 is 0 Å². The number of rotatable bonds is 7. The average Bonchev–Trinajstić information content (AvgIpc) is 3.30. The molecule has 5 heteroatoms. The van der Waals surface area contributed by atoms with Gasteiger partial charge in [0.1, 0.15) is 5.82 Å². The minimum atomic E-state index is -0.177. The largest absolute Gasteiger partial charge is 0.396 e. The number of fused-ring (bicyclic) bond motifs is 1. The molecule has 1 amide bonds. The summed E-state index contributed by atoms with van der Waals surface area (Å²) >= 11 is 0. The Labute approximate surface area is 207 Å². The van der Waals surface area contributed by atoms with Gasteiger partial charge in [0, 0.05) is 31.8 Å². The molecule has 1 N–H and O–H groups in total. The number of likely N-dealkylation sites (tertiary alicyclic amines) is 2. The summed E-state index contributed by atoms with van der Waals surface area (Å²) in [6, 6.07) is 21.0. The number of piperidine rings is 1. The summed E-state index contributed by atoms with van der Waals surface area (Å²) in [5.41, 5.74) is 2.02. The number of hydrogen-bond donors (Lipinski definition) is 1. The Balaban J connectivity index is 1.24. The third kappa shape index (κ3) is 5.41. The van der Waals surface area contributed by atoms with E-state index in [-0.39, 0.29) is 18.3 Å². The van der Waals surface area contributed by atoms with Gasteiger partial charge in [0.15, 0.2) is 0 Å². The Morgan fingerprint density at radius 1 is 0.914 bits per heavy atom. The molecule has 2 fully saturated rings. The molecule has 2 aliphatic rings. The van der Waals surface area contributed by atoms with Gasteiger partial charge in [-0.3, -0.25) is 4.79 Å². The smallest absolute Gasteiger partial charge is 0.254 e. The van der Waals surface area contributed by atoms with E-state index in [0.29, 0.717) is 17.8 Å². The van der Waals surface area contributed by atoms with Gasteiger partial charge in [0.25, 0.3) is 5.91 Å². The first-order valence-corrected chi connectivity index (χ1v) is 13.0. The third-order valence-corrected chi connectivity index (χ3v) is 8.04. The Morgan fingerprint density at radius 3 is 2.40 bits per heavy atom. The first-order chi connectivity index (χ1) is 17.1. The molecule has 2 saturated heterocycles. The van der Waals surface area contributed by atoms with E-state index in [4.69, 9.17) is 0 Å². The van der Waals surface area contributed by atoms with E-state index in [2.05, 4.69) is 17.0 Å². The quantitative estimate of drug-likeness (QED) is 0.504. The summed E-state index contributed by atoms with van der Waals surface area (Å²) in [4.78, 5) is 18.2. The lowest BCUT2D eigenvalue weighted by Crippen LogP contribution is -2.38. The highest BCUT2D eigenvalue weighted by Gasteiger charge is 2.37. The zero-order chi connectivity index (χ0) is 24.2. The van der Waals surface area contributed by atoms with Crippen molar-refractivity contribution in [2.45, 2.75) is 31.6 Å². The van der Waals surface area contributed by atoms with Crippen molar-refractivity contribution in [1.29, 1.82) is 0 Å². The van der Waals surface area contributed by atoms with Gasteiger partial charge < -0.3 is 14.9 Å². The summed E-state index contributed by atoms with van der Waals surface area (Å²) in [7, 11) is 0. The first kappa shape index (κ1) is 24.0. The molecule has 5 rings (SSSR count). The van der Waals surface area contributed by atoms with Crippen LogP contribution in [-0.4, -0.2) is 60.1 Å². The molecule has 3 aromatic carbocycles. The van der Waals surface area contributed by atoms with Crippen LogP contribution in [-0.2, 0) is 0 Å². The van der Waals surface area contributed by atoms with Crippen LogP contribution in [0.5, 0.6) is 0 Å². The minimum absolute atomic E-state index is 0.119. The molecule has 0 radical (unpaired) electrons. The molecule has 2 atom stereocenters. The maximum Gasteiger partial charge on any atom is 0.254 e. The Kier molecular flexibility index (Phi) is 7.45. The number of benzene rings is 3. The predicted octanol–water partition coefficient (Wildman–Crippen LogP) is 5.32. The van der Waals surface area contributed by atoms with Crippen LogP contribution in [0.4, 0.5) is 4.39 Å². The summed E-state index contributed by atoms with van der Waals surface area (Å²) in [6.45, 7) is 4.79. The van der Waals surface area contributed by atoms with Gasteiger partial charge in [-0.15, -0.1) is 0 Å². The van der Waals surface area contributed by atoms with Crippen molar-refractivity contribution < 1.29 is 14.3 Å². The van der Waals surface area contributed by atoms with Crippen LogP contribution in [0, 0.1) is 17.7 Å². The predicted molar refractivity (Wildman–Crippen MR) is 138 cm³/mol. The van der Waals surface area contributed by atoms with E-state index in [9.17, 15) is 14.3 Å². The average molecular weight is 475 g/mol. The fourth-order valence-electron chi connectivity index (χ4n) is 6.09. The van der Waals surface area contributed by atoms with Crippen LogP contribution in [0.1, 0.15) is 47.5 Å². The van der Waals surface area contributed by atoms with E-state index in [1.165, 1.54) is 5.56 Å². The second kappa shape index (κ2) is 10.9. The lowest BCUT2D eigenvalue weighted by Gasteiger charge is -2.34. The van der Waals surface area contributed by atoms with E-state index in [1.807, 2.05) is 47.4 Å². The second-order valence-corrected chi connectivity index (χ2v) is 10.2. The van der Waals surface area contributed by atoms with Crippen molar-refractivity contribution in [2.75, 3.05) is 39.3 Å². The van der Waals surface area contributed by atoms with Crippen LogP contribution < -0.4 is 0 Å². The second-order valence-electron chi connectivity index (χ2n) is 10.2. The topological polar surface area (TPSA) is 43.8 Å². The molecule has 0 saturated carbocycles. The Hall–Kier alpha value is -2.76. The highest BCUT2D eigenvalue weighted by Crippen LogP contribution is 2.33. The molecule has 0 bridgehead atoms. The van der Waals surface area contributed by atoms with Crippen molar-refractivity contribution in [3.8, 4) is 0 Å². The van der Waals surface area contributed by atoms with E-state index < -0.39 is 0 Å². The standard InChI is InChI=1S/C30H35FN2O2/c31-27-12-10-22(11-13-27)23-14-16-32(17-15-23)19-26-21-33(20-25(26)7-4-18-34)30(35)29-9-3-6-24-5-1-2-8-28(24)29/h1-3,5-6,8-13,23,25-26,34H,4,7,14-21H2. The third-order valence-electron chi connectivity index (χ3n) is 8.04. The van der Waals surface area contributed by atoms with E-state index in [0.717, 1.165) is 74.7 Å². The fraction of sp³-hybridized carbons (Fsp3) is 0.433. The Bertz CT molecular complexity index is 1140. The maximum absolute atomic E-state index is 13.6. The summed E-state index contributed by atoms with van der Waals surface area (Å²) in [6.07, 6.45) is 3.90. The van der Waals surface area contributed by atoms with Crippen LogP contribution in [0.25, 0.3) is 10.8 Å². The number of amides is 1. The molecule has 2 heterocycles. The highest BCUT2D eigenvalue weighted by molar-refractivity contribution is 6.07. The summed E-state index contributed by atoms with van der Waals surface area (Å²) < 4.78 is 13.3. The number of carbonyl (C=O) groups is 1. The highest BCUT2D eigenvalue weighted by atomic mass is 19.1. The van der Waals surface area contributed by atoms with Gasteiger partial charge in [-0.05, 0) is 91.1 Å². The van der Waals surface area contributed by atoms with Crippen molar-refractivity contribution in [2.24, 2.45) is 11.8 Å². The molecular weight excluding hydrogens is 439 g/mol. The molecule has 3 aromatic rings. The zero-order valence-electron chi connectivity index (χ0n) is 20.3. The van der Waals surface area contributed by atoms with Crippen LogP contribution in [0.15, 0.2) is 66.7 Å². The first-order valence-electron chi connectivity index (χ1n) is 13.0. The van der Waals surface area contributed by atoms with Crippen molar-refractivity contribution in [3.63, 3.8) is 0 Å². The maximum atomic E-state index is 13.6. The molecular formula is C30H35FN2O2. The SMILES string of the molecule is O=C(c1cccc2ccccc12)N1CC(CCCO)C(CN2CCC(c3ccc(F)cc3)CC2)C1. The van der Waals surface area contributed by atoms with Crippen molar-refractivity contribution in [1.82, 2.24) is 9.80 Å². The number of halogens is 1. The molecule has 2 aliphatic heterocycles. The van der Waals surface area contributed by atoms with Gasteiger partial charge in [0.2, 0.25) is 0 Å². The number of carbonyl (C=O) groups excluding carboxylic acids is 1. The Morgan fingerprint density at radius 2 is 1.63 bits per heavy atom. The van der Waals surface area contributed by atoms with Gasteiger partial charge in [-0.1, -0.05) is 48.5 Å². The summed E-state index contributed by atoms with van der Waals surface area (Å²) in [5.74, 6) is 1.26. The molecule has 0 aliphatic carbocycles. The number of hydrogen-bond acceptors (Lipinski definition) is 3. The minimum Gasteiger partial charge on any atom is -0.396 e. The van der Waals surface area contributed by atoms with Gasteiger partial charge in [-0.25, -0.2) is 4.39 Å². The molecule has 35 heavy (non-hydrogen) atoms. The fourth-order valence-corrected chi connectivity index (χ4v) is 6.09. The molecule has 4 nitrogen and oxygen atoms in total. The monoisotopic (exact) mass is 474 g/mol. The van der Waals surface area contributed by atoms with Crippen molar-refractivity contribution >= 4 is 16.7 Å². The van der Waals surface area contributed by atoms with Crippen LogP contribution in [0.3, 0.4) is 0 Å². The summed E-state index contributed by atoms with van der Waals surface area (Å²) in [5, 5.41) is 11.6. The lowest BCUT2D eigenvalue weighted by molar-refractivity contribution is 0.0782. The zero-order valence-corrected chi connectivity index (χ0v) is 20.3. The van der Waals surface area contributed by atoms with Gasteiger partial charge >= 0.3 is 0 Å². The molecule has 2 unspecified atom stereocenters. The lowest BCUT2D eigenvalue weighted by atomic mass is 9.87. The van der Waals surface area contributed by atoms with Gasteiger partial charge in [0.05, 0.1) is 0 Å².